The van der Waals surface area contributed by atoms with Crippen molar-refractivity contribution in [2.45, 2.75) is 13.5 Å². The number of fused-ring (bicyclic) bond motifs is 1. The number of carbonyl (C=O) groups excluding carboxylic acids is 2. The molecule has 0 spiro atoms. The molecule has 22 heavy (non-hydrogen) atoms. The van der Waals surface area contributed by atoms with Crippen LogP contribution in [-0.2, 0) is 11.3 Å². The van der Waals surface area contributed by atoms with E-state index < -0.39 is 0 Å². The predicted molar refractivity (Wildman–Crippen MR) is 82.5 cm³/mol. The van der Waals surface area contributed by atoms with Crippen LogP contribution in [0.25, 0.3) is 10.9 Å². The molecule has 0 atom stereocenters. The lowest BCUT2D eigenvalue weighted by Crippen LogP contribution is -2.22. The van der Waals surface area contributed by atoms with E-state index in [-0.39, 0.29) is 11.8 Å². The molecule has 6 heteroatoms. The van der Waals surface area contributed by atoms with Gasteiger partial charge in [-0.1, -0.05) is 0 Å². The lowest BCUT2D eigenvalue weighted by atomic mass is 10.2. The van der Waals surface area contributed by atoms with Crippen LogP contribution in [0.5, 0.6) is 0 Å². The highest BCUT2D eigenvalue weighted by molar-refractivity contribution is 5.99. The van der Waals surface area contributed by atoms with Gasteiger partial charge in [-0.3, -0.25) is 9.59 Å². The van der Waals surface area contributed by atoms with Crippen LogP contribution in [0.1, 0.15) is 23.2 Å². The number of H-pyrrole nitrogens is 1. The summed E-state index contributed by atoms with van der Waals surface area (Å²) in [6.07, 6.45) is 1.56. The molecule has 6 nitrogen and oxygen atoms in total. The first-order valence-corrected chi connectivity index (χ1v) is 6.83. The molecule has 0 radical (unpaired) electrons. The molecule has 0 aliphatic carbocycles. The molecule has 0 aliphatic rings. The third-order valence-corrected chi connectivity index (χ3v) is 3.19. The van der Waals surface area contributed by atoms with Crippen molar-refractivity contribution in [1.82, 2.24) is 10.3 Å². The molecule has 0 bridgehead atoms. The highest BCUT2D eigenvalue weighted by atomic mass is 16.3. The van der Waals surface area contributed by atoms with E-state index in [9.17, 15) is 9.59 Å². The number of hydrogen-bond acceptors (Lipinski definition) is 3. The monoisotopic (exact) mass is 297 g/mol. The van der Waals surface area contributed by atoms with Crippen LogP contribution in [0, 0.1) is 0 Å². The quantitative estimate of drug-likeness (QED) is 0.692. The summed E-state index contributed by atoms with van der Waals surface area (Å²) in [5, 5.41) is 6.34. The van der Waals surface area contributed by atoms with E-state index in [1.54, 1.807) is 30.5 Å². The molecule has 0 fully saturated rings. The first-order valence-electron chi connectivity index (χ1n) is 6.83. The molecular formula is C16H15N3O3. The Labute approximate surface area is 126 Å². The van der Waals surface area contributed by atoms with Gasteiger partial charge in [-0.15, -0.1) is 0 Å². The van der Waals surface area contributed by atoms with Crippen molar-refractivity contribution in [2.24, 2.45) is 0 Å². The summed E-state index contributed by atoms with van der Waals surface area (Å²) in [5.74, 6) is 0.345. The highest BCUT2D eigenvalue weighted by Gasteiger charge is 2.10. The first-order chi connectivity index (χ1) is 10.6. The molecule has 0 aliphatic heterocycles. The van der Waals surface area contributed by atoms with Crippen LogP contribution in [0.2, 0.25) is 0 Å². The minimum absolute atomic E-state index is 0.133. The summed E-state index contributed by atoms with van der Waals surface area (Å²) in [4.78, 5) is 26.2. The molecule has 2 heterocycles. The van der Waals surface area contributed by atoms with Gasteiger partial charge in [0, 0.05) is 23.5 Å². The maximum absolute atomic E-state index is 12.1. The number of aromatic nitrogens is 1. The number of anilines is 1. The third-order valence-electron chi connectivity index (χ3n) is 3.19. The normalized spacial score (nSPS) is 10.6. The Morgan fingerprint density at radius 3 is 2.82 bits per heavy atom. The van der Waals surface area contributed by atoms with Crippen molar-refractivity contribution in [1.29, 1.82) is 0 Å². The lowest BCUT2D eigenvalue weighted by molar-refractivity contribution is -0.114. The van der Waals surface area contributed by atoms with Crippen LogP contribution in [0.4, 0.5) is 5.69 Å². The summed E-state index contributed by atoms with van der Waals surface area (Å²) in [5.41, 5.74) is 1.99. The van der Waals surface area contributed by atoms with E-state index >= 15 is 0 Å². The number of furan rings is 1. The van der Waals surface area contributed by atoms with Crippen LogP contribution in [0.3, 0.4) is 0 Å². The molecule has 3 rings (SSSR count). The lowest BCUT2D eigenvalue weighted by Gasteiger charge is -2.00. The van der Waals surface area contributed by atoms with Gasteiger partial charge in [-0.05, 0) is 36.4 Å². The zero-order valence-corrected chi connectivity index (χ0v) is 12.0. The van der Waals surface area contributed by atoms with Gasteiger partial charge in [0.1, 0.15) is 11.5 Å². The molecule has 3 N–H and O–H groups in total. The fourth-order valence-electron chi connectivity index (χ4n) is 2.21. The van der Waals surface area contributed by atoms with Crippen LogP contribution in [-0.4, -0.2) is 16.8 Å². The average Bonchev–Trinajstić information content (AvgIpc) is 3.12. The molecule has 112 valence electrons. The molecular weight excluding hydrogens is 282 g/mol. The molecule has 0 saturated carbocycles. The maximum atomic E-state index is 12.1. The number of aromatic amines is 1. The topological polar surface area (TPSA) is 87.1 Å². The van der Waals surface area contributed by atoms with Gasteiger partial charge in [0.25, 0.3) is 5.91 Å². The number of rotatable bonds is 4. The number of amides is 2. The average molecular weight is 297 g/mol. The van der Waals surface area contributed by atoms with E-state index in [0.29, 0.717) is 23.7 Å². The third kappa shape index (κ3) is 3.01. The summed E-state index contributed by atoms with van der Waals surface area (Å²) in [7, 11) is 0. The fourth-order valence-corrected chi connectivity index (χ4v) is 2.21. The van der Waals surface area contributed by atoms with Gasteiger partial charge in [0.2, 0.25) is 5.91 Å². The Bertz CT molecular complexity index is 818. The summed E-state index contributed by atoms with van der Waals surface area (Å²) in [6, 6.07) is 10.7. The van der Waals surface area contributed by atoms with Gasteiger partial charge in [0.15, 0.2) is 0 Å². The van der Waals surface area contributed by atoms with Crippen molar-refractivity contribution >= 4 is 28.4 Å². The largest absolute Gasteiger partial charge is 0.467 e. The Morgan fingerprint density at radius 2 is 2.09 bits per heavy atom. The second-order valence-corrected chi connectivity index (χ2v) is 4.93. The van der Waals surface area contributed by atoms with Crippen LogP contribution < -0.4 is 10.6 Å². The number of carbonyl (C=O) groups is 2. The van der Waals surface area contributed by atoms with Gasteiger partial charge in [-0.25, -0.2) is 0 Å². The van der Waals surface area contributed by atoms with Crippen molar-refractivity contribution in [3.05, 3.63) is 54.1 Å². The van der Waals surface area contributed by atoms with E-state index in [2.05, 4.69) is 15.6 Å². The maximum Gasteiger partial charge on any atom is 0.268 e. The van der Waals surface area contributed by atoms with E-state index in [4.69, 9.17) is 4.42 Å². The Kier molecular flexibility index (Phi) is 3.65. The second kappa shape index (κ2) is 5.77. The van der Waals surface area contributed by atoms with E-state index in [0.717, 1.165) is 10.9 Å². The Morgan fingerprint density at radius 1 is 1.23 bits per heavy atom. The van der Waals surface area contributed by atoms with Crippen molar-refractivity contribution in [3.8, 4) is 0 Å². The predicted octanol–water partition coefficient (Wildman–Crippen LogP) is 2.65. The van der Waals surface area contributed by atoms with Crippen molar-refractivity contribution in [3.63, 3.8) is 0 Å². The molecule has 3 aromatic rings. The summed E-state index contributed by atoms with van der Waals surface area (Å²) in [6.45, 7) is 1.78. The molecule has 0 unspecified atom stereocenters. The molecule has 1 aromatic carbocycles. The Hall–Kier alpha value is -3.02. The highest BCUT2D eigenvalue weighted by Crippen LogP contribution is 2.20. The molecule has 2 amide bonds. The summed E-state index contributed by atoms with van der Waals surface area (Å²) >= 11 is 0. The van der Waals surface area contributed by atoms with Gasteiger partial charge < -0.3 is 20.0 Å². The van der Waals surface area contributed by atoms with Crippen molar-refractivity contribution in [2.75, 3.05) is 5.32 Å². The number of benzene rings is 1. The van der Waals surface area contributed by atoms with Crippen LogP contribution >= 0.6 is 0 Å². The summed E-state index contributed by atoms with van der Waals surface area (Å²) < 4.78 is 5.17. The number of hydrogen-bond donors (Lipinski definition) is 3. The minimum atomic E-state index is -0.214. The smallest absolute Gasteiger partial charge is 0.268 e. The van der Waals surface area contributed by atoms with E-state index in [1.165, 1.54) is 6.92 Å². The second-order valence-electron chi connectivity index (χ2n) is 4.93. The minimum Gasteiger partial charge on any atom is -0.467 e. The van der Waals surface area contributed by atoms with Gasteiger partial charge in [-0.2, -0.15) is 0 Å². The molecule has 0 saturated heterocycles. The van der Waals surface area contributed by atoms with Crippen molar-refractivity contribution < 1.29 is 14.0 Å². The van der Waals surface area contributed by atoms with Gasteiger partial charge in [0.05, 0.1) is 12.8 Å². The standard InChI is InChI=1S/C16H15N3O3/c1-10(20)18-12-4-5-14-11(7-12)8-15(19-14)16(21)17-9-13-3-2-6-22-13/h2-8,19H,9H2,1H3,(H,17,21)(H,18,20). The Balaban J connectivity index is 1.76. The SMILES string of the molecule is CC(=O)Nc1ccc2[nH]c(C(=O)NCc3ccco3)cc2c1. The zero-order chi connectivity index (χ0) is 15.5. The fraction of sp³-hybridized carbons (Fsp3) is 0.125. The zero-order valence-electron chi connectivity index (χ0n) is 12.0. The van der Waals surface area contributed by atoms with Gasteiger partial charge >= 0.3 is 0 Å². The molecule has 2 aromatic heterocycles. The van der Waals surface area contributed by atoms with Crippen LogP contribution in [0.15, 0.2) is 47.1 Å². The first kappa shape index (κ1) is 13.9. The number of nitrogens with one attached hydrogen (secondary N) is 3. The van der Waals surface area contributed by atoms with E-state index in [1.807, 2.05) is 12.1 Å².